The number of hydrogen-bond donors (Lipinski definition) is 2. The highest BCUT2D eigenvalue weighted by Crippen LogP contribution is 2.52. The number of halogens is 1. The molecule has 1 saturated carbocycles. The van der Waals surface area contributed by atoms with Gasteiger partial charge in [-0.3, -0.25) is 19.5 Å². The number of nitrogens with zero attached hydrogens (tertiary/aromatic N) is 2. The van der Waals surface area contributed by atoms with Crippen LogP contribution in [0.15, 0.2) is 35.3 Å². The molecule has 2 aliphatic carbocycles. The minimum Gasteiger partial charge on any atom is -0.491 e. The summed E-state index contributed by atoms with van der Waals surface area (Å²) in [5.41, 5.74) is 2.23. The first-order valence-corrected chi connectivity index (χ1v) is 10.7. The fourth-order valence-electron chi connectivity index (χ4n) is 5.04. The highest BCUT2D eigenvalue weighted by molar-refractivity contribution is 14.0. The van der Waals surface area contributed by atoms with E-state index in [0.29, 0.717) is 32.2 Å². The third-order valence-corrected chi connectivity index (χ3v) is 6.46. The predicted octanol–water partition coefficient (Wildman–Crippen LogP) is 2.27. The maximum Gasteiger partial charge on any atom is 0.233 e. The van der Waals surface area contributed by atoms with Crippen LogP contribution < -0.4 is 15.4 Å². The largest absolute Gasteiger partial charge is 0.491 e. The maximum absolute atomic E-state index is 12.7. The van der Waals surface area contributed by atoms with Crippen LogP contribution in [0.5, 0.6) is 5.75 Å². The van der Waals surface area contributed by atoms with Crippen molar-refractivity contribution in [3.8, 4) is 5.75 Å². The van der Waals surface area contributed by atoms with Crippen molar-refractivity contribution in [3.05, 3.63) is 41.5 Å². The third kappa shape index (κ3) is 4.58. The molecule has 1 heterocycles. The summed E-state index contributed by atoms with van der Waals surface area (Å²) < 4.78 is 5.90. The van der Waals surface area contributed by atoms with Crippen LogP contribution in [0.3, 0.4) is 0 Å². The number of hydrogen-bond acceptors (Lipinski definition) is 4. The number of carbonyl (C=O) groups excluding carboxylic acids is 2. The number of benzene rings is 1. The monoisotopic (exact) mass is 538 g/mol. The topological polar surface area (TPSA) is 83.0 Å². The van der Waals surface area contributed by atoms with Gasteiger partial charge >= 0.3 is 0 Å². The summed E-state index contributed by atoms with van der Waals surface area (Å²) in [6.07, 6.45) is 5.19. The number of nitrogens with one attached hydrogen (secondary N) is 2. The molecule has 4 rings (SSSR count). The molecule has 0 aromatic heterocycles. The molecule has 2 bridgehead atoms. The van der Waals surface area contributed by atoms with Crippen LogP contribution >= 0.6 is 24.0 Å². The lowest BCUT2D eigenvalue weighted by molar-refractivity contribution is -0.140. The van der Waals surface area contributed by atoms with E-state index in [0.717, 1.165) is 23.3 Å². The van der Waals surface area contributed by atoms with E-state index in [9.17, 15) is 9.59 Å². The molecule has 2 fully saturated rings. The number of aliphatic imine (C=N–C) groups is 1. The predicted molar refractivity (Wildman–Crippen MR) is 131 cm³/mol. The number of carbonyl (C=O) groups is 2. The van der Waals surface area contributed by atoms with E-state index in [-0.39, 0.29) is 59.5 Å². The van der Waals surface area contributed by atoms with Crippen molar-refractivity contribution in [2.24, 2.45) is 28.7 Å². The minimum absolute atomic E-state index is 0. The van der Waals surface area contributed by atoms with Crippen molar-refractivity contribution < 1.29 is 14.3 Å². The van der Waals surface area contributed by atoms with Crippen molar-refractivity contribution in [1.82, 2.24) is 15.5 Å². The summed E-state index contributed by atoms with van der Waals surface area (Å²) in [6.45, 7) is 6.00. The molecule has 168 valence electrons. The Hall–Kier alpha value is -2.10. The van der Waals surface area contributed by atoms with Crippen LogP contribution in [0.2, 0.25) is 0 Å². The zero-order chi connectivity index (χ0) is 21.3. The summed E-state index contributed by atoms with van der Waals surface area (Å²) in [4.78, 5) is 31.1. The van der Waals surface area contributed by atoms with E-state index in [1.807, 2.05) is 32.0 Å². The zero-order valence-electron chi connectivity index (χ0n) is 18.3. The summed E-state index contributed by atoms with van der Waals surface area (Å²) in [5, 5.41) is 6.39. The average Bonchev–Trinajstić information content (AvgIpc) is 3.41. The van der Waals surface area contributed by atoms with Gasteiger partial charge in [0.15, 0.2) is 5.96 Å². The lowest BCUT2D eigenvalue weighted by Gasteiger charge is -2.19. The van der Waals surface area contributed by atoms with Crippen molar-refractivity contribution in [3.63, 3.8) is 0 Å². The molecule has 4 atom stereocenters. The van der Waals surface area contributed by atoms with Crippen molar-refractivity contribution in [1.29, 1.82) is 0 Å². The molecule has 0 spiro atoms. The second kappa shape index (κ2) is 10.0. The van der Waals surface area contributed by atoms with Gasteiger partial charge in [-0.05, 0) is 43.2 Å². The Bertz CT molecular complexity index is 851. The Kier molecular flexibility index (Phi) is 7.61. The van der Waals surface area contributed by atoms with Gasteiger partial charge in [0.2, 0.25) is 11.8 Å². The van der Waals surface area contributed by atoms with Crippen LogP contribution in [0.1, 0.15) is 17.5 Å². The number of aryl methyl sites for hydroxylation is 2. The van der Waals surface area contributed by atoms with Gasteiger partial charge in [-0.1, -0.05) is 30.4 Å². The second-order valence-electron chi connectivity index (χ2n) is 8.32. The Balaban J connectivity index is 0.00000272. The number of imide groups is 1. The molecule has 8 heteroatoms. The van der Waals surface area contributed by atoms with E-state index in [1.54, 1.807) is 7.05 Å². The Morgan fingerprint density at radius 2 is 1.65 bits per heavy atom. The molecule has 1 aliphatic heterocycles. The van der Waals surface area contributed by atoms with Crippen LogP contribution in [0.25, 0.3) is 0 Å². The van der Waals surface area contributed by atoms with Gasteiger partial charge in [-0.2, -0.15) is 0 Å². The van der Waals surface area contributed by atoms with Gasteiger partial charge in [-0.15, -0.1) is 24.0 Å². The van der Waals surface area contributed by atoms with Gasteiger partial charge in [-0.25, -0.2) is 0 Å². The standard InChI is InChI=1S/C23H30N4O3.HI/c1-14-5-4-6-15(2)20(14)30-12-10-26-23(24-3)25-9-11-27-21(28)18-16-7-8-17(13-16)19(18)22(27)29;/h4-8,16-19H,9-13H2,1-3H3,(H2,24,25,26);1H. The van der Waals surface area contributed by atoms with Crippen LogP contribution in [-0.2, 0) is 9.59 Å². The van der Waals surface area contributed by atoms with Crippen molar-refractivity contribution in [2.45, 2.75) is 20.3 Å². The Morgan fingerprint density at radius 3 is 2.23 bits per heavy atom. The molecule has 1 aromatic rings. The number of amides is 2. The molecule has 2 N–H and O–H groups in total. The summed E-state index contributed by atoms with van der Waals surface area (Å²) >= 11 is 0. The molecule has 2 amide bonds. The molecule has 3 aliphatic rings. The van der Waals surface area contributed by atoms with E-state index in [1.165, 1.54) is 4.90 Å². The smallest absolute Gasteiger partial charge is 0.233 e. The number of para-hydroxylation sites is 1. The number of fused-ring (bicyclic) bond motifs is 5. The van der Waals surface area contributed by atoms with Gasteiger partial charge in [0.1, 0.15) is 12.4 Å². The first kappa shape index (κ1) is 23.6. The number of likely N-dealkylation sites (tertiary alicyclic amines) is 1. The summed E-state index contributed by atoms with van der Waals surface area (Å²) in [6, 6.07) is 6.09. The first-order chi connectivity index (χ1) is 14.5. The third-order valence-electron chi connectivity index (χ3n) is 6.46. The SMILES string of the molecule is CN=C(NCCOc1c(C)cccc1C)NCCN1C(=O)C2C3C=CC(C3)C2C1=O.I. The van der Waals surface area contributed by atoms with E-state index < -0.39 is 0 Å². The van der Waals surface area contributed by atoms with Crippen LogP contribution in [-0.4, -0.2) is 56.0 Å². The first-order valence-electron chi connectivity index (χ1n) is 10.7. The summed E-state index contributed by atoms with van der Waals surface area (Å²) in [5.74, 6) is 1.77. The molecule has 1 aromatic carbocycles. The Labute approximate surface area is 200 Å². The molecular weight excluding hydrogens is 507 g/mol. The fourth-order valence-corrected chi connectivity index (χ4v) is 5.04. The van der Waals surface area contributed by atoms with E-state index >= 15 is 0 Å². The van der Waals surface area contributed by atoms with Crippen molar-refractivity contribution >= 4 is 41.8 Å². The molecule has 7 nitrogen and oxygen atoms in total. The molecule has 31 heavy (non-hydrogen) atoms. The van der Waals surface area contributed by atoms with E-state index in [2.05, 4.69) is 27.8 Å². The highest BCUT2D eigenvalue weighted by Gasteiger charge is 2.58. The Morgan fingerprint density at radius 1 is 1.06 bits per heavy atom. The minimum atomic E-state index is -0.132. The van der Waals surface area contributed by atoms with Gasteiger partial charge < -0.3 is 15.4 Å². The molecular formula is C23H31IN4O3. The highest BCUT2D eigenvalue weighted by atomic mass is 127. The number of guanidine groups is 1. The molecule has 1 saturated heterocycles. The van der Waals surface area contributed by atoms with Gasteiger partial charge in [0.05, 0.1) is 18.4 Å². The van der Waals surface area contributed by atoms with Gasteiger partial charge in [0.25, 0.3) is 0 Å². The number of ether oxygens (including phenoxy) is 1. The average molecular weight is 538 g/mol. The molecule has 4 unspecified atom stereocenters. The zero-order valence-corrected chi connectivity index (χ0v) is 20.6. The number of allylic oxidation sites excluding steroid dienone is 2. The summed E-state index contributed by atoms with van der Waals surface area (Å²) in [7, 11) is 1.70. The van der Waals surface area contributed by atoms with Crippen LogP contribution in [0, 0.1) is 37.5 Å². The van der Waals surface area contributed by atoms with Gasteiger partial charge in [0, 0.05) is 20.1 Å². The maximum atomic E-state index is 12.7. The van der Waals surface area contributed by atoms with E-state index in [4.69, 9.17) is 4.74 Å². The second-order valence-corrected chi connectivity index (χ2v) is 8.32. The lowest BCUT2D eigenvalue weighted by atomic mass is 9.85. The fraction of sp³-hybridized carbons (Fsp3) is 0.522. The molecule has 0 radical (unpaired) electrons. The normalized spacial score (nSPS) is 26.2. The van der Waals surface area contributed by atoms with Crippen molar-refractivity contribution in [2.75, 3.05) is 33.3 Å². The quantitative estimate of drug-likeness (QED) is 0.139. The lowest BCUT2D eigenvalue weighted by Crippen LogP contribution is -2.44. The number of rotatable bonds is 7. The van der Waals surface area contributed by atoms with Crippen LogP contribution in [0.4, 0.5) is 0 Å².